The van der Waals surface area contributed by atoms with E-state index in [2.05, 4.69) is 22.3 Å². The first-order valence-electron chi connectivity index (χ1n) is 6.26. The molecular weight excluding hydrogens is 273 g/mol. The number of carbonyl (C=O) groups excluding carboxylic acids is 1. The third-order valence-corrected chi connectivity index (χ3v) is 2.85. The van der Waals surface area contributed by atoms with Crippen molar-refractivity contribution in [1.29, 1.82) is 0 Å². The molecule has 2 rings (SSSR count). The fraction of sp³-hybridized carbons (Fsp3) is 0.200. The summed E-state index contributed by atoms with van der Waals surface area (Å²) < 4.78 is 15.1. The first kappa shape index (κ1) is 14.8. The van der Waals surface area contributed by atoms with E-state index >= 15 is 0 Å². The summed E-state index contributed by atoms with van der Waals surface area (Å²) in [5.74, 6) is 4.43. The van der Waals surface area contributed by atoms with Crippen LogP contribution in [0.1, 0.15) is 21.6 Å². The van der Waals surface area contributed by atoms with E-state index in [9.17, 15) is 9.18 Å². The van der Waals surface area contributed by atoms with Gasteiger partial charge in [-0.05, 0) is 24.3 Å². The maximum Gasteiger partial charge on any atom is 0.269 e. The predicted octanol–water partition coefficient (Wildman–Crippen LogP) is 0.833. The van der Waals surface area contributed by atoms with Gasteiger partial charge in [-0.25, -0.2) is 4.39 Å². The van der Waals surface area contributed by atoms with Crippen molar-refractivity contribution < 1.29 is 14.3 Å². The fourth-order valence-electron chi connectivity index (χ4n) is 1.79. The van der Waals surface area contributed by atoms with Crippen molar-refractivity contribution in [2.75, 3.05) is 6.61 Å². The summed E-state index contributed by atoms with van der Waals surface area (Å²) in [4.78, 5) is 11.9. The molecule has 0 saturated heterocycles. The zero-order chi connectivity index (χ0) is 15.2. The number of hydrogen-bond donors (Lipinski definition) is 2. The van der Waals surface area contributed by atoms with Crippen LogP contribution in [0, 0.1) is 17.7 Å². The molecule has 0 radical (unpaired) electrons. The van der Waals surface area contributed by atoms with Crippen molar-refractivity contribution in [3.05, 3.63) is 53.1 Å². The van der Waals surface area contributed by atoms with Gasteiger partial charge in [0.25, 0.3) is 5.91 Å². The van der Waals surface area contributed by atoms with Crippen LogP contribution in [0.3, 0.4) is 0 Å². The molecule has 0 aliphatic rings. The van der Waals surface area contributed by atoms with Crippen LogP contribution in [0.5, 0.6) is 0 Å². The smallest absolute Gasteiger partial charge is 0.269 e. The second-order valence-corrected chi connectivity index (χ2v) is 4.29. The van der Waals surface area contributed by atoms with E-state index in [0.29, 0.717) is 16.8 Å². The van der Waals surface area contributed by atoms with Gasteiger partial charge in [-0.2, -0.15) is 5.10 Å². The van der Waals surface area contributed by atoms with Gasteiger partial charge in [0.05, 0.1) is 0 Å². The summed E-state index contributed by atoms with van der Waals surface area (Å²) in [7, 11) is 1.65. The van der Waals surface area contributed by atoms with E-state index in [4.69, 9.17) is 5.11 Å². The molecule has 1 aromatic heterocycles. The summed E-state index contributed by atoms with van der Waals surface area (Å²) in [6.45, 7) is -0.214. The highest BCUT2D eigenvalue weighted by Gasteiger charge is 2.10. The molecule has 2 aromatic rings. The Kier molecular flexibility index (Phi) is 4.69. The van der Waals surface area contributed by atoms with Gasteiger partial charge in [0.1, 0.15) is 18.1 Å². The Morgan fingerprint density at radius 2 is 2.29 bits per heavy atom. The Morgan fingerprint density at radius 1 is 1.48 bits per heavy atom. The average Bonchev–Trinajstić information content (AvgIpc) is 2.91. The zero-order valence-corrected chi connectivity index (χ0v) is 11.4. The Morgan fingerprint density at radius 3 is 2.95 bits per heavy atom. The SMILES string of the molecule is Cn1nccc1C(=O)NCc1cc(C#CCO)ccc1F. The molecule has 5 nitrogen and oxygen atoms in total. The summed E-state index contributed by atoms with van der Waals surface area (Å²) in [5.41, 5.74) is 1.30. The molecular formula is C15H14FN3O2. The summed E-state index contributed by atoms with van der Waals surface area (Å²) in [5, 5.41) is 15.2. The second kappa shape index (κ2) is 6.68. The molecule has 1 heterocycles. The Hall–Kier alpha value is -2.65. The van der Waals surface area contributed by atoms with E-state index in [1.54, 1.807) is 19.2 Å². The van der Waals surface area contributed by atoms with Crippen molar-refractivity contribution >= 4 is 5.91 Å². The van der Waals surface area contributed by atoms with Gasteiger partial charge in [-0.15, -0.1) is 0 Å². The number of nitrogens with zero attached hydrogens (tertiary/aromatic N) is 2. The quantitative estimate of drug-likeness (QED) is 0.822. The molecule has 0 fully saturated rings. The van der Waals surface area contributed by atoms with Crippen LogP contribution < -0.4 is 5.32 Å². The molecule has 0 atom stereocenters. The van der Waals surface area contributed by atoms with Gasteiger partial charge in [0, 0.05) is 30.9 Å². The molecule has 108 valence electrons. The third kappa shape index (κ3) is 3.68. The lowest BCUT2D eigenvalue weighted by Gasteiger charge is -2.07. The summed E-state index contributed by atoms with van der Waals surface area (Å²) >= 11 is 0. The van der Waals surface area contributed by atoms with Crippen molar-refractivity contribution in [3.8, 4) is 11.8 Å². The van der Waals surface area contributed by atoms with Crippen molar-refractivity contribution in [2.45, 2.75) is 6.54 Å². The maximum absolute atomic E-state index is 13.7. The number of benzene rings is 1. The van der Waals surface area contributed by atoms with E-state index in [-0.39, 0.29) is 19.1 Å². The minimum atomic E-state index is -0.421. The molecule has 0 aliphatic heterocycles. The average molecular weight is 287 g/mol. The highest BCUT2D eigenvalue weighted by atomic mass is 19.1. The van der Waals surface area contributed by atoms with Crippen LogP contribution in [-0.4, -0.2) is 27.4 Å². The fourth-order valence-corrected chi connectivity index (χ4v) is 1.79. The first-order valence-corrected chi connectivity index (χ1v) is 6.26. The lowest BCUT2D eigenvalue weighted by Crippen LogP contribution is -2.25. The lowest BCUT2D eigenvalue weighted by atomic mass is 10.1. The molecule has 0 saturated carbocycles. The van der Waals surface area contributed by atoms with E-state index in [1.807, 2.05) is 0 Å². The Balaban J connectivity index is 2.09. The molecule has 1 aromatic carbocycles. The van der Waals surface area contributed by atoms with Gasteiger partial charge in [0.2, 0.25) is 0 Å². The van der Waals surface area contributed by atoms with E-state index in [0.717, 1.165) is 0 Å². The Bertz CT molecular complexity index is 713. The largest absolute Gasteiger partial charge is 0.384 e. The number of aryl methyl sites for hydroxylation is 1. The monoisotopic (exact) mass is 287 g/mol. The first-order chi connectivity index (χ1) is 10.1. The van der Waals surface area contributed by atoms with Crippen LogP contribution in [0.2, 0.25) is 0 Å². The number of aliphatic hydroxyl groups is 1. The molecule has 0 spiro atoms. The van der Waals surface area contributed by atoms with E-state index < -0.39 is 5.82 Å². The number of nitrogens with one attached hydrogen (secondary N) is 1. The van der Waals surface area contributed by atoms with Crippen LogP contribution in [0.25, 0.3) is 0 Å². The number of rotatable bonds is 3. The molecule has 1 amide bonds. The third-order valence-electron chi connectivity index (χ3n) is 2.85. The standard InChI is InChI=1S/C15H14FN3O2/c1-19-14(6-7-18-19)15(21)17-10-12-9-11(3-2-8-20)4-5-13(12)16/h4-7,9,20H,8,10H2,1H3,(H,17,21). The van der Waals surface area contributed by atoms with Gasteiger partial charge in [0.15, 0.2) is 0 Å². The van der Waals surface area contributed by atoms with Gasteiger partial charge >= 0.3 is 0 Å². The highest BCUT2D eigenvalue weighted by molar-refractivity contribution is 5.92. The number of halogens is 1. The topological polar surface area (TPSA) is 67.2 Å². The van der Waals surface area contributed by atoms with Crippen molar-refractivity contribution in [1.82, 2.24) is 15.1 Å². The van der Waals surface area contributed by atoms with Crippen LogP contribution in [0.4, 0.5) is 4.39 Å². The van der Waals surface area contributed by atoms with Gasteiger partial charge in [-0.3, -0.25) is 9.48 Å². The molecule has 2 N–H and O–H groups in total. The van der Waals surface area contributed by atoms with Crippen LogP contribution in [-0.2, 0) is 13.6 Å². The Labute approximate surface area is 121 Å². The molecule has 6 heteroatoms. The second-order valence-electron chi connectivity index (χ2n) is 4.29. The lowest BCUT2D eigenvalue weighted by molar-refractivity contribution is 0.0941. The van der Waals surface area contributed by atoms with Crippen LogP contribution in [0.15, 0.2) is 30.5 Å². The summed E-state index contributed by atoms with van der Waals surface area (Å²) in [6, 6.07) is 5.92. The predicted molar refractivity (Wildman–Crippen MR) is 74.7 cm³/mol. The number of aliphatic hydroxyl groups excluding tert-OH is 1. The highest BCUT2D eigenvalue weighted by Crippen LogP contribution is 2.10. The summed E-state index contributed by atoms with van der Waals surface area (Å²) in [6.07, 6.45) is 1.51. The van der Waals surface area contributed by atoms with Gasteiger partial charge < -0.3 is 10.4 Å². The van der Waals surface area contributed by atoms with Crippen molar-refractivity contribution in [3.63, 3.8) is 0 Å². The van der Waals surface area contributed by atoms with Crippen LogP contribution >= 0.6 is 0 Å². The molecule has 0 aliphatic carbocycles. The number of carbonyl (C=O) groups is 1. The molecule has 0 bridgehead atoms. The number of amides is 1. The van der Waals surface area contributed by atoms with E-state index in [1.165, 1.54) is 23.0 Å². The molecule has 21 heavy (non-hydrogen) atoms. The molecule has 0 unspecified atom stereocenters. The van der Waals surface area contributed by atoms with Gasteiger partial charge in [-0.1, -0.05) is 11.8 Å². The number of hydrogen-bond acceptors (Lipinski definition) is 3. The minimum Gasteiger partial charge on any atom is -0.384 e. The minimum absolute atomic E-state index is 0.0461. The van der Waals surface area contributed by atoms with Crippen molar-refractivity contribution in [2.24, 2.45) is 7.05 Å². The number of aromatic nitrogens is 2. The normalized spacial score (nSPS) is 9.86. The maximum atomic E-state index is 13.7. The zero-order valence-electron chi connectivity index (χ0n) is 11.4.